The van der Waals surface area contributed by atoms with Crippen LogP contribution in [0.25, 0.3) is 17.2 Å². The summed E-state index contributed by atoms with van der Waals surface area (Å²) in [5.41, 5.74) is 4.89. The monoisotopic (exact) mass is 423 g/mol. The van der Waals surface area contributed by atoms with Gasteiger partial charge in [-0.05, 0) is 34.9 Å². The van der Waals surface area contributed by atoms with E-state index in [2.05, 4.69) is 11.6 Å². The second-order valence-electron chi connectivity index (χ2n) is 7.21. The number of hydrogen-bond acceptors (Lipinski definition) is 4. The van der Waals surface area contributed by atoms with Gasteiger partial charge in [-0.2, -0.15) is 4.98 Å². The van der Waals surface area contributed by atoms with Crippen molar-refractivity contribution in [3.05, 3.63) is 114 Å². The van der Waals surface area contributed by atoms with Gasteiger partial charge in [0.25, 0.3) is 0 Å². The molecule has 0 unspecified atom stereocenters. The summed E-state index contributed by atoms with van der Waals surface area (Å²) in [4.78, 5) is 4.68. The molecule has 0 saturated heterocycles. The van der Waals surface area contributed by atoms with E-state index in [1.54, 1.807) is 13.2 Å². The Labute approximate surface area is 188 Å². The number of nitrogens with zero attached hydrogens (tertiary/aromatic N) is 1. The third kappa shape index (κ3) is 5.16. The minimum atomic E-state index is 0.410. The van der Waals surface area contributed by atoms with Crippen molar-refractivity contribution in [2.24, 2.45) is 0 Å². The maximum absolute atomic E-state index is 6.15. The van der Waals surface area contributed by atoms with Gasteiger partial charge in [0.15, 0.2) is 0 Å². The number of pyridine rings is 1. The smallest absolute Gasteiger partial charge is 0.225 e. The number of hydrogen-bond donors (Lipinski definition) is 0. The Morgan fingerprint density at radius 3 is 2.06 bits per heavy atom. The van der Waals surface area contributed by atoms with Crippen LogP contribution in [0.5, 0.6) is 17.5 Å². The Balaban J connectivity index is 1.64. The fourth-order valence-electron chi connectivity index (χ4n) is 3.35. The Hall–Kier alpha value is -4.05. The molecule has 160 valence electrons. The topological polar surface area (TPSA) is 40.6 Å². The minimum Gasteiger partial charge on any atom is -0.496 e. The van der Waals surface area contributed by atoms with Crippen LogP contribution in [-0.2, 0) is 13.2 Å². The average Bonchev–Trinajstić information content (AvgIpc) is 2.87. The molecule has 0 bridgehead atoms. The normalized spacial score (nSPS) is 10.4. The van der Waals surface area contributed by atoms with Crippen molar-refractivity contribution < 1.29 is 14.2 Å². The predicted molar refractivity (Wildman–Crippen MR) is 128 cm³/mol. The molecule has 0 spiro atoms. The lowest BCUT2D eigenvalue weighted by molar-refractivity contribution is 0.268. The van der Waals surface area contributed by atoms with Crippen LogP contribution in [0.1, 0.15) is 16.7 Å². The van der Waals surface area contributed by atoms with Crippen LogP contribution in [0.3, 0.4) is 0 Å². The molecule has 3 aromatic carbocycles. The number of ether oxygens (including phenoxy) is 3. The summed E-state index contributed by atoms with van der Waals surface area (Å²) < 4.78 is 17.5. The second kappa shape index (κ2) is 10.3. The van der Waals surface area contributed by atoms with Gasteiger partial charge in [-0.15, -0.1) is 0 Å². The largest absolute Gasteiger partial charge is 0.496 e. The average molecular weight is 424 g/mol. The zero-order chi connectivity index (χ0) is 22.2. The summed E-state index contributed by atoms with van der Waals surface area (Å²) in [5, 5.41) is 0. The third-order valence-corrected chi connectivity index (χ3v) is 5.04. The van der Waals surface area contributed by atoms with E-state index in [-0.39, 0.29) is 0 Å². The van der Waals surface area contributed by atoms with Gasteiger partial charge in [-0.25, -0.2) is 0 Å². The lowest BCUT2D eigenvalue weighted by atomic mass is 10.0. The molecular formula is C28H25NO3. The van der Waals surface area contributed by atoms with E-state index < -0.39 is 0 Å². The fourth-order valence-corrected chi connectivity index (χ4v) is 3.35. The molecule has 0 aliphatic carbocycles. The molecule has 4 nitrogen and oxygen atoms in total. The predicted octanol–water partition coefficient (Wildman–Crippen LogP) is 6.56. The lowest BCUT2D eigenvalue weighted by Crippen LogP contribution is -2.02. The summed E-state index contributed by atoms with van der Waals surface area (Å²) >= 11 is 0. The van der Waals surface area contributed by atoms with E-state index in [0.29, 0.717) is 25.0 Å². The van der Waals surface area contributed by atoms with E-state index in [4.69, 9.17) is 14.2 Å². The molecule has 4 aromatic rings. The molecule has 4 rings (SSSR count). The van der Waals surface area contributed by atoms with Crippen molar-refractivity contribution in [1.82, 2.24) is 4.98 Å². The van der Waals surface area contributed by atoms with Gasteiger partial charge < -0.3 is 14.2 Å². The highest BCUT2D eigenvalue weighted by Crippen LogP contribution is 2.34. The molecule has 32 heavy (non-hydrogen) atoms. The summed E-state index contributed by atoms with van der Waals surface area (Å²) in [5.74, 6) is 1.80. The van der Waals surface area contributed by atoms with Gasteiger partial charge in [0, 0.05) is 17.2 Å². The Morgan fingerprint density at radius 2 is 1.44 bits per heavy atom. The minimum absolute atomic E-state index is 0.410. The quantitative estimate of drug-likeness (QED) is 0.306. The summed E-state index contributed by atoms with van der Waals surface area (Å²) in [7, 11) is 1.65. The van der Waals surface area contributed by atoms with E-state index in [9.17, 15) is 0 Å². The maximum atomic E-state index is 6.15. The summed E-state index contributed by atoms with van der Waals surface area (Å²) in [6, 6.07) is 29.8. The summed E-state index contributed by atoms with van der Waals surface area (Å²) in [6.45, 7) is 4.74. The van der Waals surface area contributed by atoms with Gasteiger partial charge in [0.1, 0.15) is 19.0 Å². The van der Waals surface area contributed by atoms with Crippen LogP contribution in [-0.4, -0.2) is 12.1 Å². The van der Waals surface area contributed by atoms with Crippen molar-refractivity contribution in [3.8, 4) is 28.6 Å². The zero-order valence-corrected chi connectivity index (χ0v) is 18.0. The SMILES string of the molecule is C=Cc1cc(-c2ccc(OCc3ccccc3)nc2OCc2ccccc2)ccc1OC. The first kappa shape index (κ1) is 21.2. The highest BCUT2D eigenvalue weighted by atomic mass is 16.5. The second-order valence-corrected chi connectivity index (χ2v) is 7.21. The Morgan fingerprint density at radius 1 is 0.781 bits per heavy atom. The molecule has 0 amide bonds. The maximum Gasteiger partial charge on any atom is 0.225 e. The number of methoxy groups -OCH3 is 1. The highest BCUT2D eigenvalue weighted by Gasteiger charge is 2.13. The fraction of sp³-hybridized carbons (Fsp3) is 0.107. The first-order chi connectivity index (χ1) is 15.8. The van der Waals surface area contributed by atoms with Crippen molar-refractivity contribution in [1.29, 1.82) is 0 Å². The van der Waals surface area contributed by atoms with Crippen LogP contribution in [0, 0.1) is 0 Å². The van der Waals surface area contributed by atoms with Crippen LogP contribution >= 0.6 is 0 Å². The third-order valence-electron chi connectivity index (χ3n) is 5.04. The zero-order valence-electron chi connectivity index (χ0n) is 18.0. The molecule has 4 heteroatoms. The highest BCUT2D eigenvalue weighted by molar-refractivity contribution is 5.73. The molecular weight excluding hydrogens is 398 g/mol. The van der Waals surface area contributed by atoms with Gasteiger partial charge in [0.2, 0.25) is 11.8 Å². The number of benzene rings is 3. The Bertz CT molecular complexity index is 1170. The molecule has 1 aromatic heterocycles. The molecule has 1 heterocycles. The van der Waals surface area contributed by atoms with Gasteiger partial charge in [-0.1, -0.05) is 79.4 Å². The van der Waals surface area contributed by atoms with E-state index in [1.165, 1.54) is 0 Å². The van der Waals surface area contributed by atoms with E-state index >= 15 is 0 Å². The van der Waals surface area contributed by atoms with Gasteiger partial charge >= 0.3 is 0 Å². The molecule has 0 atom stereocenters. The van der Waals surface area contributed by atoms with Crippen molar-refractivity contribution in [2.75, 3.05) is 7.11 Å². The molecule has 0 saturated carbocycles. The van der Waals surface area contributed by atoms with E-state index in [0.717, 1.165) is 33.6 Å². The van der Waals surface area contributed by atoms with Crippen molar-refractivity contribution in [3.63, 3.8) is 0 Å². The number of rotatable bonds is 9. The van der Waals surface area contributed by atoms with Gasteiger partial charge in [0.05, 0.1) is 7.11 Å². The first-order valence-electron chi connectivity index (χ1n) is 10.4. The lowest BCUT2D eigenvalue weighted by Gasteiger charge is -2.14. The van der Waals surface area contributed by atoms with Crippen molar-refractivity contribution >= 4 is 6.08 Å². The van der Waals surface area contributed by atoms with Crippen LogP contribution in [0.4, 0.5) is 0 Å². The first-order valence-corrected chi connectivity index (χ1v) is 10.4. The standard InChI is InChI=1S/C28H25NO3/c1-3-23-18-24(14-16-26(23)30-2)25-15-17-27(31-19-21-10-6-4-7-11-21)29-28(25)32-20-22-12-8-5-9-13-22/h3-18H,1,19-20H2,2H3. The van der Waals surface area contributed by atoms with Crippen LogP contribution in [0.15, 0.2) is 97.6 Å². The molecule has 0 aliphatic rings. The van der Waals surface area contributed by atoms with E-state index in [1.807, 2.05) is 91.0 Å². The summed E-state index contributed by atoms with van der Waals surface area (Å²) in [6.07, 6.45) is 1.78. The Kier molecular flexibility index (Phi) is 6.83. The van der Waals surface area contributed by atoms with Crippen molar-refractivity contribution in [2.45, 2.75) is 13.2 Å². The van der Waals surface area contributed by atoms with Gasteiger partial charge in [-0.3, -0.25) is 0 Å². The molecule has 0 aliphatic heterocycles. The van der Waals surface area contributed by atoms with Crippen LogP contribution < -0.4 is 14.2 Å². The molecule has 0 N–H and O–H groups in total. The molecule has 0 radical (unpaired) electrons. The molecule has 0 fully saturated rings. The number of aromatic nitrogens is 1. The van der Waals surface area contributed by atoms with Crippen LogP contribution in [0.2, 0.25) is 0 Å².